The first kappa shape index (κ1) is 16.0. The van der Waals surface area contributed by atoms with Crippen LogP contribution in [-0.4, -0.2) is 36.2 Å². The Morgan fingerprint density at radius 1 is 1.35 bits per heavy atom. The van der Waals surface area contributed by atoms with Gasteiger partial charge in [-0.2, -0.15) is 0 Å². The number of aliphatic imine (C=N–C) groups is 1. The molecule has 6 nitrogen and oxygen atoms in total. The zero-order valence-electron chi connectivity index (χ0n) is 11.5. The largest absolute Gasteiger partial charge is 0.480 e. The molecule has 0 aliphatic rings. The fraction of sp³-hybridized carbons (Fsp3) is 0.429. The lowest BCUT2D eigenvalue weighted by molar-refractivity contribution is -0.138. The standard InChI is InChI=1S/C14H22N4O2/c15-12(13(19)20)7-4-9-17-14(16)18-10-8-11-5-2-1-3-6-11/h1-3,5-6,12H,4,7-10,15H2,(H,19,20)(H3,16,17,18)/t12-/m0/s1. The molecule has 110 valence electrons. The predicted octanol–water partition coefficient (Wildman–Crippen LogP) is 0.326. The minimum Gasteiger partial charge on any atom is -0.480 e. The SMILES string of the molecule is NC(=NCCC[C@H](N)C(=O)O)NCCc1ccccc1. The van der Waals surface area contributed by atoms with Crippen molar-refractivity contribution in [3.63, 3.8) is 0 Å². The number of carboxylic acid groups (broad SMARTS) is 1. The molecule has 1 aromatic carbocycles. The molecule has 0 heterocycles. The number of nitrogens with two attached hydrogens (primary N) is 2. The summed E-state index contributed by atoms with van der Waals surface area (Å²) in [7, 11) is 0. The molecule has 0 bridgehead atoms. The molecule has 1 aromatic rings. The lowest BCUT2D eigenvalue weighted by atomic mass is 10.1. The molecule has 6 heteroatoms. The third-order valence-electron chi connectivity index (χ3n) is 2.84. The summed E-state index contributed by atoms with van der Waals surface area (Å²) >= 11 is 0. The lowest BCUT2D eigenvalue weighted by Crippen LogP contribution is -2.33. The zero-order chi connectivity index (χ0) is 14.8. The van der Waals surface area contributed by atoms with Crippen molar-refractivity contribution in [2.24, 2.45) is 16.5 Å². The van der Waals surface area contributed by atoms with Crippen molar-refractivity contribution in [3.8, 4) is 0 Å². The smallest absolute Gasteiger partial charge is 0.320 e. The van der Waals surface area contributed by atoms with Crippen LogP contribution in [0.5, 0.6) is 0 Å². The molecule has 0 unspecified atom stereocenters. The van der Waals surface area contributed by atoms with Crippen LogP contribution in [0.1, 0.15) is 18.4 Å². The summed E-state index contributed by atoms with van der Waals surface area (Å²) in [6.45, 7) is 1.19. The molecule has 0 saturated heterocycles. The Kier molecular flexibility index (Phi) is 7.13. The van der Waals surface area contributed by atoms with E-state index >= 15 is 0 Å². The van der Waals surface area contributed by atoms with E-state index in [0.717, 1.165) is 6.42 Å². The number of aliphatic carboxylic acids is 1. The van der Waals surface area contributed by atoms with E-state index in [9.17, 15) is 4.79 Å². The maximum atomic E-state index is 10.5. The van der Waals surface area contributed by atoms with Crippen molar-refractivity contribution < 1.29 is 9.90 Å². The summed E-state index contributed by atoms with van der Waals surface area (Å²) in [6, 6.07) is 9.27. The molecule has 0 amide bonds. The molecule has 0 saturated carbocycles. The van der Waals surface area contributed by atoms with Crippen molar-refractivity contribution in [3.05, 3.63) is 35.9 Å². The van der Waals surface area contributed by atoms with Gasteiger partial charge in [-0.3, -0.25) is 9.79 Å². The second kappa shape index (κ2) is 8.92. The molecular weight excluding hydrogens is 256 g/mol. The van der Waals surface area contributed by atoms with Crippen molar-refractivity contribution in [1.29, 1.82) is 0 Å². The van der Waals surface area contributed by atoms with Crippen LogP contribution < -0.4 is 16.8 Å². The number of rotatable bonds is 8. The Labute approximate surface area is 118 Å². The average molecular weight is 278 g/mol. The van der Waals surface area contributed by atoms with E-state index in [0.29, 0.717) is 31.9 Å². The van der Waals surface area contributed by atoms with E-state index in [4.69, 9.17) is 16.6 Å². The monoisotopic (exact) mass is 278 g/mol. The van der Waals surface area contributed by atoms with E-state index in [2.05, 4.69) is 22.4 Å². The van der Waals surface area contributed by atoms with Crippen molar-refractivity contribution in [1.82, 2.24) is 5.32 Å². The van der Waals surface area contributed by atoms with Crippen LogP contribution in [0.15, 0.2) is 35.3 Å². The summed E-state index contributed by atoms with van der Waals surface area (Å²) < 4.78 is 0. The molecule has 20 heavy (non-hydrogen) atoms. The van der Waals surface area contributed by atoms with E-state index < -0.39 is 12.0 Å². The summed E-state index contributed by atoms with van der Waals surface area (Å²) in [4.78, 5) is 14.6. The third-order valence-corrected chi connectivity index (χ3v) is 2.84. The number of carbonyl (C=O) groups is 1. The van der Waals surface area contributed by atoms with Gasteiger partial charge in [0.05, 0.1) is 0 Å². The Hall–Kier alpha value is -2.08. The second-order valence-corrected chi connectivity index (χ2v) is 4.52. The minimum atomic E-state index is -0.983. The highest BCUT2D eigenvalue weighted by Crippen LogP contribution is 1.98. The summed E-state index contributed by atoms with van der Waals surface area (Å²) in [5.74, 6) is -0.604. The Morgan fingerprint density at radius 2 is 2.05 bits per heavy atom. The van der Waals surface area contributed by atoms with Crippen molar-refractivity contribution >= 4 is 11.9 Å². The van der Waals surface area contributed by atoms with Gasteiger partial charge in [-0.15, -0.1) is 0 Å². The van der Waals surface area contributed by atoms with Gasteiger partial charge < -0.3 is 21.9 Å². The number of hydrogen-bond acceptors (Lipinski definition) is 3. The summed E-state index contributed by atoms with van der Waals surface area (Å²) in [5.41, 5.74) is 12.3. The van der Waals surface area contributed by atoms with Gasteiger partial charge in [0.1, 0.15) is 6.04 Å². The summed E-state index contributed by atoms with van der Waals surface area (Å²) in [5, 5.41) is 11.6. The van der Waals surface area contributed by atoms with E-state index in [1.807, 2.05) is 18.2 Å². The molecule has 6 N–H and O–H groups in total. The van der Waals surface area contributed by atoms with Crippen LogP contribution in [0.2, 0.25) is 0 Å². The Balaban J connectivity index is 2.14. The fourth-order valence-electron chi connectivity index (χ4n) is 1.67. The van der Waals surface area contributed by atoms with Gasteiger partial charge >= 0.3 is 5.97 Å². The van der Waals surface area contributed by atoms with Crippen molar-refractivity contribution in [2.75, 3.05) is 13.1 Å². The van der Waals surface area contributed by atoms with Crippen LogP contribution in [0.25, 0.3) is 0 Å². The van der Waals surface area contributed by atoms with Gasteiger partial charge in [-0.25, -0.2) is 0 Å². The highest BCUT2D eigenvalue weighted by Gasteiger charge is 2.09. The van der Waals surface area contributed by atoms with Gasteiger partial charge in [0.15, 0.2) is 5.96 Å². The molecule has 1 atom stereocenters. The highest BCUT2D eigenvalue weighted by molar-refractivity contribution is 5.77. The average Bonchev–Trinajstić information content (AvgIpc) is 2.44. The number of hydrogen-bond donors (Lipinski definition) is 4. The van der Waals surface area contributed by atoms with E-state index in [-0.39, 0.29) is 0 Å². The molecule has 0 aliphatic carbocycles. The maximum absolute atomic E-state index is 10.5. The first-order valence-corrected chi connectivity index (χ1v) is 6.65. The molecule has 0 aromatic heterocycles. The summed E-state index contributed by atoms with van der Waals surface area (Å²) in [6.07, 6.45) is 1.88. The van der Waals surface area contributed by atoms with E-state index in [1.54, 1.807) is 0 Å². The van der Waals surface area contributed by atoms with E-state index in [1.165, 1.54) is 5.56 Å². The van der Waals surface area contributed by atoms with Crippen LogP contribution in [0.3, 0.4) is 0 Å². The Morgan fingerprint density at radius 3 is 2.70 bits per heavy atom. The van der Waals surface area contributed by atoms with Crippen LogP contribution in [-0.2, 0) is 11.2 Å². The third kappa shape index (κ3) is 6.75. The number of guanidine groups is 1. The first-order chi connectivity index (χ1) is 9.59. The zero-order valence-corrected chi connectivity index (χ0v) is 11.5. The van der Waals surface area contributed by atoms with Crippen LogP contribution in [0.4, 0.5) is 0 Å². The number of nitrogens with zero attached hydrogens (tertiary/aromatic N) is 1. The van der Waals surface area contributed by atoms with Gasteiger partial charge in [0.2, 0.25) is 0 Å². The number of carboxylic acids is 1. The second-order valence-electron chi connectivity index (χ2n) is 4.52. The molecular formula is C14H22N4O2. The lowest BCUT2D eigenvalue weighted by Gasteiger charge is -2.06. The topological polar surface area (TPSA) is 114 Å². The molecule has 0 spiro atoms. The highest BCUT2D eigenvalue weighted by atomic mass is 16.4. The quantitative estimate of drug-likeness (QED) is 0.311. The number of nitrogens with one attached hydrogen (secondary N) is 1. The molecule has 0 fully saturated rings. The van der Waals surface area contributed by atoms with Gasteiger partial charge in [-0.05, 0) is 24.8 Å². The van der Waals surface area contributed by atoms with Crippen LogP contribution in [0, 0.1) is 0 Å². The number of benzene rings is 1. The predicted molar refractivity (Wildman–Crippen MR) is 79.5 cm³/mol. The van der Waals surface area contributed by atoms with Gasteiger partial charge in [0, 0.05) is 13.1 Å². The molecule has 0 aliphatic heterocycles. The minimum absolute atomic E-state index is 0.379. The fourth-order valence-corrected chi connectivity index (χ4v) is 1.67. The van der Waals surface area contributed by atoms with Crippen molar-refractivity contribution in [2.45, 2.75) is 25.3 Å². The Bertz CT molecular complexity index is 434. The van der Waals surface area contributed by atoms with Gasteiger partial charge in [-0.1, -0.05) is 30.3 Å². The maximum Gasteiger partial charge on any atom is 0.320 e. The first-order valence-electron chi connectivity index (χ1n) is 6.65. The van der Waals surface area contributed by atoms with Crippen LogP contribution >= 0.6 is 0 Å². The normalized spacial score (nSPS) is 12.9. The molecule has 1 rings (SSSR count). The molecule has 0 radical (unpaired) electrons. The van der Waals surface area contributed by atoms with Gasteiger partial charge in [0.25, 0.3) is 0 Å².